The molecule has 2 amide bonds. The lowest BCUT2D eigenvalue weighted by Crippen LogP contribution is -2.39. The van der Waals surface area contributed by atoms with E-state index >= 15 is 0 Å². The zero-order valence-electron chi connectivity index (χ0n) is 21.5. The van der Waals surface area contributed by atoms with Crippen molar-refractivity contribution in [3.8, 4) is 16.9 Å². The van der Waals surface area contributed by atoms with Crippen LogP contribution in [-0.2, 0) is 13.0 Å². The number of halogens is 2. The maximum atomic E-state index is 13.2. The number of aromatic nitrogens is 7. The van der Waals surface area contributed by atoms with E-state index in [-0.39, 0.29) is 12.6 Å². The third-order valence-electron chi connectivity index (χ3n) is 6.61. The van der Waals surface area contributed by atoms with Gasteiger partial charge in [0.2, 0.25) is 0 Å². The molecule has 0 radical (unpaired) electrons. The largest absolute Gasteiger partial charge is 0.382 e. The van der Waals surface area contributed by atoms with Gasteiger partial charge in [-0.25, -0.2) is 19.4 Å². The fourth-order valence-electron chi connectivity index (χ4n) is 4.62. The Hall–Kier alpha value is -4.87. The van der Waals surface area contributed by atoms with Gasteiger partial charge in [0, 0.05) is 22.5 Å². The summed E-state index contributed by atoms with van der Waals surface area (Å²) in [7, 11) is 0. The number of carbonyl (C=O) groups excluding carboxylic acids is 1. The number of amides is 2. The number of urea groups is 1. The van der Waals surface area contributed by atoms with Crippen LogP contribution in [-0.4, -0.2) is 41.0 Å². The van der Waals surface area contributed by atoms with Gasteiger partial charge < -0.3 is 21.4 Å². The van der Waals surface area contributed by atoms with Crippen molar-refractivity contribution in [3.63, 3.8) is 0 Å². The molecule has 41 heavy (non-hydrogen) atoms. The van der Waals surface area contributed by atoms with E-state index in [0.29, 0.717) is 33.9 Å². The monoisotopic (exact) mass is 586 g/mol. The van der Waals surface area contributed by atoms with E-state index in [1.807, 2.05) is 54.6 Å². The molecule has 11 nitrogen and oxygen atoms in total. The number of hydrogen-bond acceptors (Lipinski definition) is 6. The quantitative estimate of drug-likeness (QED) is 0.165. The van der Waals surface area contributed by atoms with Crippen molar-refractivity contribution >= 4 is 46.0 Å². The molecule has 206 valence electrons. The number of nitrogens with one attached hydrogen (secondary N) is 4. The van der Waals surface area contributed by atoms with Crippen LogP contribution in [0.2, 0.25) is 10.2 Å². The lowest BCUT2D eigenvalue weighted by Gasteiger charge is -2.18. The first-order chi connectivity index (χ1) is 19.9. The summed E-state index contributed by atoms with van der Waals surface area (Å²) in [6.45, 7) is 0.205. The minimum atomic E-state index is -0.510. The van der Waals surface area contributed by atoms with E-state index in [9.17, 15) is 4.79 Å². The SMILES string of the molecule is Nc1n[nH]c2cc(-c3nc([C@H](Cc4ccccc4)NC(=O)NCc4cc(Cl)ccc4-n4cncn4)[nH]c3Cl)ccc12. The molecule has 13 heteroatoms. The van der Waals surface area contributed by atoms with Crippen LogP contribution < -0.4 is 16.4 Å². The molecule has 0 spiro atoms. The third kappa shape index (κ3) is 5.72. The molecule has 0 saturated carbocycles. The summed E-state index contributed by atoms with van der Waals surface area (Å²) < 4.78 is 1.62. The van der Waals surface area contributed by atoms with Crippen molar-refractivity contribution in [2.45, 2.75) is 19.0 Å². The number of nitrogen functional groups attached to an aromatic ring is 1. The molecule has 6 rings (SSSR count). The second kappa shape index (κ2) is 11.3. The van der Waals surface area contributed by atoms with Gasteiger partial charge in [-0.05, 0) is 47.9 Å². The predicted octanol–water partition coefficient (Wildman–Crippen LogP) is 5.21. The summed E-state index contributed by atoms with van der Waals surface area (Å²) >= 11 is 12.9. The Morgan fingerprint density at radius 3 is 2.73 bits per heavy atom. The van der Waals surface area contributed by atoms with Gasteiger partial charge in [0.25, 0.3) is 0 Å². The number of aromatic amines is 2. The summed E-state index contributed by atoms with van der Waals surface area (Å²) in [6, 6.07) is 19.9. The molecular weight excluding hydrogens is 563 g/mol. The van der Waals surface area contributed by atoms with Crippen LogP contribution in [0.4, 0.5) is 10.6 Å². The summed E-state index contributed by atoms with van der Waals surface area (Å²) in [5.41, 5.74) is 10.6. The van der Waals surface area contributed by atoms with Gasteiger partial charge in [-0.3, -0.25) is 5.10 Å². The van der Waals surface area contributed by atoms with Crippen molar-refractivity contribution in [1.82, 2.24) is 45.6 Å². The summed E-state index contributed by atoms with van der Waals surface area (Å²) in [5, 5.41) is 18.8. The van der Waals surface area contributed by atoms with Crippen LogP contribution in [0.25, 0.3) is 27.8 Å². The minimum Gasteiger partial charge on any atom is -0.382 e. The Morgan fingerprint density at radius 2 is 1.93 bits per heavy atom. The molecule has 6 aromatic rings. The van der Waals surface area contributed by atoms with Crippen molar-refractivity contribution in [2.24, 2.45) is 0 Å². The Kier molecular flexibility index (Phi) is 7.28. The molecule has 3 aromatic heterocycles. The Bertz CT molecular complexity index is 1810. The lowest BCUT2D eigenvalue weighted by molar-refractivity contribution is 0.236. The number of nitrogens with two attached hydrogens (primary N) is 1. The van der Waals surface area contributed by atoms with Crippen LogP contribution in [0.1, 0.15) is 23.0 Å². The smallest absolute Gasteiger partial charge is 0.315 e. The highest BCUT2D eigenvalue weighted by Crippen LogP contribution is 2.31. The standard InChI is InChI=1S/C28H24Cl2N10O/c29-19-7-9-23(40-15-32-14-34-40)18(11-19)13-33-28(41)35-22(10-16-4-2-1-3-5-16)27-36-24(25(30)37-27)17-6-8-20-21(12-17)38-39-26(20)31/h1-9,11-12,14-15,22H,10,13H2,(H,36,37)(H3,31,38,39)(H2,33,35,41)/t22-/m0/s1. The first kappa shape index (κ1) is 26.4. The van der Waals surface area contributed by atoms with Gasteiger partial charge in [0.15, 0.2) is 5.82 Å². The number of nitrogens with zero attached hydrogens (tertiary/aromatic N) is 5. The lowest BCUT2D eigenvalue weighted by atomic mass is 10.1. The van der Waals surface area contributed by atoms with Crippen LogP contribution in [0, 0.1) is 0 Å². The number of H-pyrrole nitrogens is 2. The molecule has 0 bridgehead atoms. The van der Waals surface area contributed by atoms with Crippen molar-refractivity contribution in [1.29, 1.82) is 0 Å². The van der Waals surface area contributed by atoms with E-state index in [2.05, 4.69) is 35.9 Å². The molecule has 0 saturated heterocycles. The first-order valence-electron chi connectivity index (χ1n) is 12.7. The van der Waals surface area contributed by atoms with Gasteiger partial charge in [-0.2, -0.15) is 10.2 Å². The first-order valence-corrected chi connectivity index (χ1v) is 13.4. The van der Waals surface area contributed by atoms with E-state index in [1.54, 1.807) is 23.1 Å². The minimum absolute atomic E-state index is 0.205. The van der Waals surface area contributed by atoms with Crippen molar-refractivity contribution < 1.29 is 4.79 Å². The summed E-state index contributed by atoms with van der Waals surface area (Å²) in [4.78, 5) is 25.1. The van der Waals surface area contributed by atoms with Gasteiger partial charge >= 0.3 is 6.03 Å². The number of fused-ring (bicyclic) bond motifs is 1. The van der Waals surface area contributed by atoms with Gasteiger partial charge in [0.05, 0.1) is 17.2 Å². The summed E-state index contributed by atoms with van der Waals surface area (Å²) in [6.07, 6.45) is 3.51. The van der Waals surface area contributed by atoms with Crippen molar-refractivity contribution in [2.75, 3.05) is 5.73 Å². The molecule has 0 aliphatic rings. The number of anilines is 1. The highest BCUT2D eigenvalue weighted by atomic mass is 35.5. The zero-order valence-corrected chi connectivity index (χ0v) is 23.0. The number of benzene rings is 3. The van der Waals surface area contributed by atoms with Gasteiger partial charge in [-0.1, -0.05) is 59.6 Å². The molecular formula is C28H24Cl2N10O. The molecule has 6 N–H and O–H groups in total. The number of carbonyl (C=O) groups is 1. The van der Waals surface area contributed by atoms with Crippen molar-refractivity contribution in [3.05, 3.63) is 107 Å². The number of rotatable bonds is 8. The number of hydrogen-bond donors (Lipinski definition) is 5. The molecule has 1 atom stereocenters. The average molecular weight is 587 g/mol. The molecule has 0 fully saturated rings. The van der Waals surface area contributed by atoms with Gasteiger partial charge in [0.1, 0.15) is 29.3 Å². The topological polar surface area (TPSA) is 155 Å². The Morgan fingerprint density at radius 1 is 1.07 bits per heavy atom. The second-order valence-corrected chi connectivity index (χ2v) is 10.2. The maximum Gasteiger partial charge on any atom is 0.315 e. The van der Waals surface area contributed by atoms with Crippen LogP contribution in [0.15, 0.2) is 79.4 Å². The average Bonchev–Trinajstić information content (AvgIpc) is 3.73. The van der Waals surface area contributed by atoms with E-state index < -0.39 is 6.04 Å². The highest BCUT2D eigenvalue weighted by Gasteiger charge is 2.22. The second-order valence-electron chi connectivity index (χ2n) is 9.34. The molecule has 3 aromatic carbocycles. The zero-order chi connectivity index (χ0) is 28.3. The normalized spacial score (nSPS) is 12.0. The van der Waals surface area contributed by atoms with Crippen LogP contribution in [0.3, 0.4) is 0 Å². The molecule has 3 heterocycles. The maximum absolute atomic E-state index is 13.2. The predicted molar refractivity (Wildman–Crippen MR) is 158 cm³/mol. The fourth-order valence-corrected chi connectivity index (χ4v) is 5.06. The van der Waals surface area contributed by atoms with Crippen LogP contribution >= 0.6 is 23.2 Å². The fraction of sp³-hybridized carbons (Fsp3) is 0.107. The molecule has 0 aliphatic carbocycles. The van der Waals surface area contributed by atoms with E-state index in [1.165, 1.54) is 6.33 Å². The molecule has 0 unspecified atom stereocenters. The highest BCUT2D eigenvalue weighted by molar-refractivity contribution is 6.32. The third-order valence-corrected chi connectivity index (χ3v) is 7.12. The van der Waals surface area contributed by atoms with E-state index in [4.69, 9.17) is 33.9 Å². The Balaban J connectivity index is 1.24. The Labute approximate surface area is 244 Å². The van der Waals surface area contributed by atoms with Gasteiger partial charge in [-0.15, -0.1) is 0 Å². The summed E-state index contributed by atoms with van der Waals surface area (Å²) in [5.74, 6) is 0.934. The van der Waals surface area contributed by atoms with Crippen LogP contribution in [0.5, 0.6) is 0 Å². The van der Waals surface area contributed by atoms with E-state index in [0.717, 1.165) is 33.3 Å². The molecule has 0 aliphatic heterocycles. The number of imidazole rings is 1.